The van der Waals surface area contributed by atoms with E-state index in [-0.39, 0.29) is 28.5 Å². The number of allylic oxidation sites excluding steroid dienone is 1. The minimum atomic E-state index is -1.08. The van der Waals surface area contributed by atoms with E-state index in [1.807, 2.05) is 38.4 Å². The van der Waals surface area contributed by atoms with Crippen LogP contribution in [0.5, 0.6) is 5.75 Å². The third-order valence-electron chi connectivity index (χ3n) is 8.70. The highest BCUT2D eigenvalue weighted by Crippen LogP contribution is 2.26. The first-order chi connectivity index (χ1) is 24.1. The number of benzene rings is 1. The van der Waals surface area contributed by atoms with Crippen LogP contribution in [0.25, 0.3) is 22.3 Å². The van der Waals surface area contributed by atoms with Gasteiger partial charge in [-0.15, -0.1) is 6.58 Å². The number of pyridine rings is 1. The van der Waals surface area contributed by atoms with Gasteiger partial charge in [-0.3, -0.25) is 28.6 Å². The number of ether oxygens (including phenoxy) is 2. The van der Waals surface area contributed by atoms with Crippen molar-refractivity contribution in [1.29, 1.82) is 0 Å². The van der Waals surface area contributed by atoms with E-state index < -0.39 is 17.1 Å². The zero-order valence-corrected chi connectivity index (χ0v) is 30.3. The van der Waals surface area contributed by atoms with Crippen LogP contribution in [0.1, 0.15) is 70.3 Å². The first-order valence-corrected chi connectivity index (χ1v) is 18.4. The fourth-order valence-corrected chi connectivity index (χ4v) is 6.42. The number of fused-ring (bicyclic) bond motifs is 1. The number of unbranched alkanes of at least 4 members (excludes halogenated alkanes) is 2. The van der Waals surface area contributed by atoms with E-state index in [1.54, 1.807) is 35.7 Å². The number of carbonyl (C=O) groups is 3. The average molecular weight is 711 g/mol. The van der Waals surface area contributed by atoms with E-state index in [1.165, 1.54) is 0 Å². The van der Waals surface area contributed by atoms with Crippen LogP contribution in [-0.4, -0.2) is 85.8 Å². The van der Waals surface area contributed by atoms with E-state index in [0.29, 0.717) is 36.7 Å². The zero-order valence-electron chi connectivity index (χ0n) is 29.4. The molecule has 3 aliphatic rings. The monoisotopic (exact) mass is 710 g/mol. The van der Waals surface area contributed by atoms with Gasteiger partial charge in [0.2, 0.25) is 12.3 Å². The first kappa shape index (κ1) is 38.5. The van der Waals surface area contributed by atoms with Gasteiger partial charge < -0.3 is 24.7 Å². The second kappa shape index (κ2) is 18.6. The van der Waals surface area contributed by atoms with Crippen LogP contribution < -0.4 is 20.2 Å². The summed E-state index contributed by atoms with van der Waals surface area (Å²) in [4.78, 5) is 51.6. The number of nitrogens with one attached hydrogen (secondary N) is 3. The number of amides is 3. The molecule has 13 nitrogen and oxygen atoms in total. The van der Waals surface area contributed by atoms with Gasteiger partial charge in [-0.05, 0) is 89.8 Å². The number of H-pyrrole nitrogens is 1. The van der Waals surface area contributed by atoms with Gasteiger partial charge in [0.15, 0.2) is 5.43 Å². The van der Waals surface area contributed by atoms with Gasteiger partial charge in [0.25, 0.3) is 5.91 Å². The Morgan fingerprint density at radius 2 is 1.94 bits per heavy atom. The van der Waals surface area contributed by atoms with Gasteiger partial charge in [0.1, 0.15) is 34.6 Å². The predicted octanol–water partition coefficient (Wildman–Crippen LogP) is 3.82. The largest absolute Gasteiger partial charge is 0.496 e. The minimum absolute atomic E-state index is 0.00605. The number of aromatic amines is 1. The van der Waals surface area contributed by atoms with Crippen LogP contribution in [0.15, 0.2) is 47.9 Å². The third-order valence-corrected chi connectivity index (χ3v) is 10.1. The Labute approximate surface area is 295 Å². The average Bonchev–Trinajstić information content (AvgIpc) is 4.03. The van der Waals surface area contributed by atoms with Gasteiger partial charge in [-0.2, -0.15) is 5.10 Å². The van der Waals surface area contributed by atoms with Crippen molar-refractivity contribution in [3.63, 3.8) is 0 Å². The summed E-state index contributed by atoms with van der Waals surface area (Å²) >= 11 is 0. The maximum Gasteiger partial charge on any atom is 0.252 e. The molecule has 2 aliphatic carbocycles. The number of carbonyl (C=O) groups excluding carboxylic acids is 3. The minimum Gasteiger partial charge on any atom is -0.496 e. The summed E-state index contributed by atoms with van der Waals surface area (Å²) in [5.41, 5.74) is 3.13. The lowest BCUT2D eigenvalue weighted by Gasteiger charge is -2.26. The SMILES string of the molecule is C=CCCCCO[C@H](C)C(=O)N1CCCC1C(=O)NC1CC1.COc1ccc2c(=O)cc(-c3ccn(C)n3)[nH]c2c1C.O=CNS(=O)C1CC1. The number of hydrogen-bond donors (Lipinski definition) is 3. The highest BCUT2D eigenvalue weighted by atomic mass is 32.2. The molecule has 2 saturated carbocycles. The molecule has 2 unspecified atom stereocenters. The van der Waals surface area contributed by atoms with Gasteiger partial charge in [-0.1, -0.05) is 6.08 Å². The fraction of sp³-hybridized carbons (Fsp3) is 0.528. The maximum absolute atomic E-state index is 12.5. The lowest BCUT2D eigenvalue weighted by atomic mass is 10.1. The summed E-state index contributed by atoms with van der Waals surface area (Å²) in [6, 6.07) is 7.07. The van der Waals surface area contributed by atoms with Crippen molar-refractivity contribution in [1.82, 2.24) is 29.7 Å². The second-order valence-electron chi connectivity index (χ2n) is 12.7. The lowest BCUT2D eigenvalue weighted by Crippen LogP contribution is -2.49. The Morgan fingerprint density at radius 1 is 1.18 bits per heavy atom. The number of rotatable bonds is 14. The van der Waals surface area contributed by atoms with Crippen LogP contribution in [0, 0.1) is 6.92 Å². The van der Waals surface area contributed by atoms with Crippen LogP contribution in [-0.2, 0) is 37.2 Å². The van der Waals surface area contributed by atoms with Crippen LogP contribution in [0.2, 0.25) is 0 Å². The predicted molar refractivity (Wildman–Crippen MR) is 194 cm³/mol. The highest BCUT2D eigenvalue weighted by Gasteiger charge is 2.38. The van der Waals surface area contributed by atoms with E-state index in [9.17, 15) is 23.4 Å². The molecule has 3 aromatic rings. The van der Waals surface area contributed by atoms with E-state index in [4.69, 9.17) is 9.47 Å². The zero-order chi connectivity index (χ0) is 36.2. The quantitative estimate of drug-likeness (QED) is 0.129. The molecule has 0 bridgehead atoms. The summed E-state index contributed by atoms with van der Waals surface area (Å²) in [6.45, 7) is 8.63. The second-order valence-corrected chi connectivity index (χ2v) is 14.2. The number of likely N-dealkylation sites (tertiary alicyclic amines) is 1. The Bertz CT molecular complexity index is 1710. The van der Waals surface area contributed by atoms with E-state index >= 15 is 0 Å². The number of aromatic nitrogens is 3. The number of nitrogens with zero attached hydrogens (tertiary/aromatic N) is 3. The molecule has 3 amide bonds. The van der Waals surface area contributed by atoms with Crippen LogP contribution in [0.3, 0.4) is 0 Å². The molecule has 1 aliphatic heterocycles. The molecule has 3 N–H and O–H groups in total. The summed E-state index contributed by atoms with van der Waals surface area (Å²) in [5, 5.41) is 8.22. The fourth-order valence-electron chi connectivity index (χ4n) is 5.57. The molecule has 3 heterocycles. The Hall–Kier alpha value is -4.30. The third kappa shape index (κ3) is 10.8. The topological polar surface area (TPSA) is 165 Å². The Morgan fingerprint density at radius 3 is 2.56 bits per heavy atom. The molecule has 3 fully saturated rings. The van der Waals surface area contributed by atoms with E-state index in [0.717, 1.165) is 80.3 Å². The Balaban J connectivity index is 0.000000185. The molecule has 14 heteroatoms. The number of methoxy groups -OCH3 is 1. The van der Waals surface area contributed by atoms with Gasteiger partial charge in [0, 0.05) is 49.5 Å². The Kier molecular flexibility index (Phi) is 14.3. The molecule has 50 heavy (non-hydrogen) atoms. The normalized spacial score (nSPS) is 17.8. The maximum atomic E-state index is 12.5. The number of aryl methyl sites for hydroxylation is 2. The van der Waals surface area contributed by atoms with E-state index in [2.05, 4.69) is 26.7 Å². The van der Waals surface area contributed by atoms with Crippen LogP contribution >= 0.6 is 0 Å². The van der Waals surface area contributed by atoms with Crippen molar-refractivity contribution >= 4 is 40.1 Å². The number of hydrogen-bond acceptors (Lipinski definition) is 8. The van der Waals surface area contributed by atoms with Crippen molar-refractivity contribution in [2.45, 2.75) is 95.1 Å². The molecular weight excluding hydrogens is 660 g/mol. The molecule has 6 rings (SSSR count). The standard InChI is InChI=1S/C17H28N2O3.C15H15N3O2.C4H7NO2S/c1-3-4-5-6-12-22-13(2)17(21)19-11-7-8-15(19)16(20)18-14-9-10-14;1-9-14(20-3)5-4-10-13(19)8-12(16-15(9)10)11-6-7-18(2)17-11;6-3-5-8(7)4-1-2-4/h3,13-15H,1,4-12H2,2H3,(H,18,20);4-8H,1-3H3,(H,16,19);3-4H,1-2H2,(H,5,6)/t13-,15?;;/m1../s1. The van der Waals surface area contributed by atoms with Gasteiger partial charge >= 0.3 is 0 Å². The molecule has 0 radical (unpaired) electrons. The van der Waals surface area contributed by atoms with Crippen molar-refractivity contribution < 1.29 is 28.1 Å². The summed E-state index contributed by atoms with van der Waals surface area (Å²) < 4.78 is 25.4. The van der Waals surface area contributed by atoms with Gasteiger partial charge in [-0.25, -0.2) is 4.21 Å². The molecule has 1 aromatic carbocycles. The molecule has 0 spiro atoms. The van der Waals surface area contributed by atoms with Crippen molar-refractivity contribution in [3.8, 4) is 17.1 Å². The van der Waals surface area contributed by atoms with Gasteiger partial charge in [0.05, 0.1) is 23.6 Å². The van der Waals surface area contributed by atoms with Crippen molar-refractivity contribution in [3.05, 3.63) is 58.9 Å². The summed E-state index contributed by atoms with van der Waals surface area (Å²) in [6.07, 6.45) is 12.4. The lowest BCUT2D eigenvalue weighted by molar-refractivity contribution is -0.147. The molecular formula is C36H50N6O7S. The highest BCUT2D eigenvalue weighted by molar-refractivity contribution is 7.84. The first-order valence-electron chi connectivity index (χ1n) is 17.2. The summed E-state index contributed by atoms with van der Waals surface area (Å²) in [5.74, 6) is 0.704. The summed E-state index contributed by atoms with van der Waals surface area (Å²) in [7, 11) is 2.39. The smallest absolute Gasteiger partial charge is 0.252 e. The molecule has 2 aromatic heterocycles. The molecule has 3 atom stereocenters. The van der Waals surface area contributed by atoms with Crippen molar-refractivity contribution in [2.24, 2.45) is 7.05 Å². The van der Waals surface area contributed by atoms with Crippen molar-refractivity contribution in [2.75, 3.05) is 20.3 Å². The molecule has 272 valence electrons. The van der Waals surface area contributed by atoms with Crippen LogP contribution in [0.4, 0.5) is 0 Å². The molecule has 1 saturated heterocycles.